The van der Waals surface area contributed by atoms with Crippen molar-refractivity contribution in [3.05, 3.63) is 100 Å². The fraction of sp³-hybridized carbons (Fsp3) is 0.364. The molecule has 1 N–H and O–H groups in total. The smallest absolute Gasteiger partial charge is 0.430 e. The first kappa shape index (κ1) is 32.9. The van der Waals surface area contributed by atoms with Gasteiger partial charge in [0, 0.05) is 5.41 Å². The molecular formula is C33H34F6O3. The molecule has 0 atom stereocenters. The number of rotatable bonds is 9. The second-order valence-electron chi connectivity index (χ2n) is 10.4. The molecule has 0 aliphatic heterocycles. The normalized spacial score (nSPS) is 13.0. The molecule has 3 aromatic carbocycles. The molecule has 0 saturated carbocycles. The van der Waals surface area contributed by atoms with Crippen molar-refractivity contribution in [1.29, 1.82) is 0 Å². The molecule has 0 aromatic heterocycles. The molecule has 3 aromatic rings. The second-order valence-corrected chi connectivity index (χ2v) is 10.4. The molecule has 0 radical (unpaired) electrons. The Morgan fingerprint density at radius 3 is 1.90 bits per heavy atom. The molecule has 3 nitrogen and oxygen atoms in total. The Balaban J connectivity index is 2.01. The van der Waals surface area contributed by atoms with E-state index in [1.54, 1.807) is 19.1 Å². The average molecular weight is 593 g/mol. The molecule has 42 heavy (non-hydrogen) atoms. The lowest BCUT2D eigenvalue weighted by Gasteiger charge is -2.34. The highest BCUT2D eigenvalue weighted by Gasteiger charge is 2.68. The van der Waals surface area contributed by atoms with E-state index in [1.807, 2.05) is 57.2 Å². The number of hydrogen-bond acceptors (Lipinski definition) is 3. The van der Waals surface area contributed by atoms with Crippen molar-refractivity contribution in [2.45, 2.75) is 70.3 Å². The monoisotopic (exact) mass is 592 g/mol. The topological polar surface area (TPSA) is 46.5 Å². The maximum absolute atomic E-state index is 13.1. The fourth-order valence-corrected chi connectivity index (χ4v) is 5.33. The summed E-state index contributed by atoms with van der Waals surface area (Å²) in [7, 11) is 1.34. The van der Waals surface area contributed by atoms with E-state index in [0.717, 1.165) is 33.4 Å². The Morgan fingerprint density at radius 2 is 1.40 bits per heavy atom. The molecule has 0 aliphatic rings. The van der Waals surface area contributed by atoms with Crippen LogP contribution in [0.4, 0.5) is 26.3 Å². The first-order chi connectivity index (χ1) is 19.5. The van der Waals surface area contributed by atoms with Crippen LogP contribution in [0.2, 0.25) is 0 Å². The van der Waals surface area contributed by atoms with Gasteiger partial charge in [0.25, 0.3) is 5.60 Å². The van der Waals surface area contributed by atoms with Gasteiger partial charge in [-0.1, -0.05) is 80.6 Å². The number of aliphatic hydroxyl groups is 1. The fourth-order valence-electron chi connectivity index (χ4n) is 5.33. The zero-order valence-corrected chi connectivity index (χ0v) is 24.1. The van der Waals surface area contributed by atoms with Crippen LogP contribution in [0, 0.1) is 13.8 Å². The second kappa shape index (κ2) is 12.3. The molecule has 0 bridgehead atoms. The summed E-state index contributed by atoms with van der Waals surface area (Å²) in [5, 5.41) is 9.48. The molecule has 0 saturated heterocycles. The van der Waals surface area contributed by atoms with E-state index >= 15 is 0 Å². The summed E-state index contributed by atoms with van der Waals surface area (Å²) < 4.78 is 83.5. The number of methoxy groups -OCH3 is 1. The largest absolute Gasteiger partial charge is 0.469 e. The lowest BCUT2D eigenvalue weighted by molar-refractivity contribution is -0.347. The van der Waals surface area contributed by atoms with E-state index in [1.165, 1.54) is 13.2 Å². The van der Waals surface area contributed by atoms with Crippen LogP contribution in [-0.4, -0.2) is 36.1 Å². The Bertz CT molecular complexity index is 1430. The van der Waals surface area contributed by atoms with Crippen molar-refractivity contribution in [2.24, 2.45) is 0 Å². The Morgan fingerprint density at radius 1 is 0.833 bits per heavy atom. The van der Waals surface area contributed by atoms with Crippen molar-refractivity contribution >= 4 is 12.0 Å². The van der Waals surface area contributed by atoms with Crippen molar-refractivity contribution in [2.75, 3.05) is 7.11 Å². The van der Waals surface area contributed by atoms with Crippen molar-refractivity contribution in [3.63, 3.8) is 0 Å². The summed E-state index contributed by atoms with van der Waals surface area (Å²) in [6.45, 7) is 7.65. The predicted octanol–water partition coefficient (Wildman–Crippen LogP) is 8.66. The van der Waals surface area contributed by atoms with Gasteiger partial charge in [-0.05, 0) is 77.3 Å². The number of halogens is 6. The summed E-state index contributed by atoms with van der Waals surface area (Å²) in [5.74, 6) is -0.330. The predicted molar refractivity (Wildman–Crippen MR) is 151 cm³/mol. The molecule has 0 aliphatic carbocycles. The summed E-state index contributed by atoms with van der Waals surface area (Å²) in [6, 6.07) is 18.7. The number of esters is 1. The maximum Gasteiger partial charge on any atom is 0.430 e. The lowest BCUT2D eigenvalue weighted by Crippen LogP contribution is -2.55. The Labute approximate surface area is 241 Å². The zero-order valence-electron chi connectivity index (χ0n) is 24.1. The molecular weight excluding hydrogens is 558 g/mol. The number of hydrogen-bond donors (Lipinski definition) is 1. The van der Waals surface area contributed by atoms with Gasteiger partial charge in [0.15, 0.2) is 0 Å². The van der Waals surface area contributed by atoms with E-state index in [0.29, 0.717) is 24.5 Å². The molecule has 3 rings (SSSR count). The standard InChI is InChI=1S/C33H34F6O3/c1-6-30(7-2,26-12-11-24(21(3)17-26)15-16-31(41,32(34,35)36)33(37,38)39)27-13-14-28(22(4)18-27)25-10-8-9-23(19-25)20-29(40)42-5/h8-19,41H,6-7,20H2,1-5H3/b16-15+. The van der Waals surface area contributed by atoms with Crippen molar-refractivity contribution in [3.8, 4) is 11.1 Å². The van der Waals surface area contributed by atoms with Gasteiger partial charge in [0.05, 0.1) is 13.5 Å². The van der Waals surface area contributed by atoms with Crippen LogP contribution in [0.25, 0.3) is 17.2 Å². The summed E-state index contributed by atoms with van der Waals surface area (Å²) in [5.41, 5.74) is 0.830. The third kappa shape index (κ3) is 6.41. The molecule has 0 amide bonds. The van der Waals surface area contributed by atoms with Gasteiger partial charge < -0.3 is 9.84 Å². The molecule has 0 heterocycles. The number of carbonyl (C=O) groups is 1. The van der Waals surface area contributed by atoms with Crippen LogP contribution in [0.15, 0.2) is 66.7 Å². The summed E-state index contributed by atoms with van der Waals surface area (Å²) >= 11 is 0. The zero-order chi connectivity index (χ0) is 31.5. The van der Waals surface area contributed by atoms with Crippen LogP contribution < -0.4 is 0 Å². The first-order valence-corrected chi connectivity index (χ1v) is 13.5. The van der Waals surface area contributed by atoms with Crippen LogP contribution in [0.1, 0.15) is 60.1 Å². The first-order valence-electron chi connectivity index (χ1n) is 13.5. The number of ether oxygens (including phenoxy) is 1. The molecule has 0 fully saturated rings. The van der Waals surface area contributed by atoms with Gasteiger partial charge in [-0.15, -0.1) is 0 Å². The van der Waals surface area contributed by atoms with Crippen LogP contribution in [-0.2, 0) is 21.4 Å². The summed E-state index contributed by atoms with van der Waals surface area (Å²) in [6.07, 6.45) is -9.91. The maximum atomic E-state index is 13.1. The SMILES string of the molecule is CCC(CC)(c1ccc(/C=C/C(O)(C(F)(F)F)C(F)(F)F)c(C)c1)c1ccc(-c2cccc(CC(=O)OC)c2)c(C)c1. The molecule has 0 unspecified atom stereocenters. The van der Waals surface area contributed by atoms with Crippen molar-refractivity contribution in [1.82, 2.24) is 0 Å². The van der Waals surface area contributed by atoms with E-state index < -0.39 is 23.4 Å². The Hall–Kier alpha value is -3.59. The van der Waals surface area contributed by atoms with Gasteiger partial charge >= 0.3 is 18.3 Å². The Kier molecular flexibility index (Phi) is 9.67. The number of alkyl halides is 6. The highest BCUT2D eigenvalue weighted by Crippen LogP contribution is 2.45. The van der Waals surface area contributed by atoms with Crippen LogP contribution in [0.3, 0.4) is 0 Å². The minimum Gasteiger partial charge on any atom is -0.469 e. The van der Waals surface area contributed by atoms with E-state index in [9.17, 15) is 36.2 Å². The highest BCUT2D eigenvalue weighted by atomic mass is 19.4. The van der Waals surface area contributed by atoms with Gasteiger partial charge in [-0.3, -0.25) is 4.79 Å². The molecule has 226 valence electrons. The van der Waals surface area contributed by atoms with Gasteiger partial charge in [0.1, 0.15) is 0 Å². The van der Waals surface area contributed by atoms with Crippen molar-refractivity contribution < 1.29 is 41.0 Å². The number of benzene rings is 3. The minimum atomic E-state index is -5.93. The molecule has 0 spiro atoms. The number of aryl methyl sites for hydroxylation is 2. The average Bonchev–Trinajstić information content (AvgIpc) is 2.92. The highest BCUT2D eigenvalue weighted by molar-refractivity contribution is 5.74. The van der Waals surface area contributed by atoms with E-state index in [4.69, 9.17) is 4.74 Å². The van der Waals surface area contributed by atoms with Crippen LogP contribution >= 0.6 is 0 Å². The van der Waals surface area contributed by atoms with E-state index in [-0.39, 0.29) is 24.0 Å². The van der Waals surface area contributed by atoms with E-state index in [2.05, 4.69) is 6.07 Å². The van der Waals surface area contributed by atoms with Gasteiger partial charge in [-0.2, -0.15) is 26.3 Å². The number of carbonyl (C=O) groups excluding carboxylic acids is 1. The van der Waals surface area contributed by atoms with Gasteiger partial charge in [0.2, 0.25) is 0 Å². The quantitative estimate of drug-likeness (QED) is 0.200. The van der Waals surface area contributed by atoms with Gasteiger partial charge in [-0.25, -0.2) is 0 Å². The third-order valence-corrected chi connectivity index (χ3v) is 7.99. The summed E-state index contributed by atoms with van der Waals surface area (Å²) in [4.78, 5) is 11.7. The third-order valence-electron chi connectivity index (χ3n) is 7.99. The molecule has 9 heteroatoms. The minimum absolute atomic E-state index is 0.130. The lowest BCUT2D eigenvalue weighted by atomic mass is 9.69. The van der Waals surface area contributed by atoms with Crippen LogP contribution in [0.5, 0.6) is 0 Å².